The van der Waals surface area contributed by atoms with Crippen molar-refractivity contribution in [3.63, 3.8) is 0 Å². The van der Waals surface area contributed by atoms with Gasteiger partial charge in [0.1, 0.15) is 12.2 Å². The molecule has 5 nitrogen and oxygen atoms in total. The summed E-state index contributed by atoms with van der Waals surface area (Å²) in [5.74, 6) is 0. The summed E-state index contributed by atoms with van der Waals surface area (Å²) >= 11 is 0. The molecule has 0 radical (unpaired) electrons. The molecule has 18 heavy (non-hydrogen) atoms. The number of hydrogen-bond acceptors (Lipinski definition) is 5. The molecule has 4 fully saturated rings. The van der Waals surface area contributed by atoms with Crippen molar-refractivity contribution in [2.45, 2.75) is 75.1 Å². The average Bonchev–Trinajstić information content (AvgIpc) is 3.22. The third kappa shape index (κ3) is 2.21. The SMILES string of the molecule is O=C(OC1CCC2OC2C1)OC1CCC2OC2C1. The third-order valence-electron chi connectivity index (χ3n) is 4.44. The predicted octanol–water partition coefficient (Wildman–Crippen LogP) is 1.78. The number of ether oxygens (including phenoxy) is 4. The fourth-order valence-electron chi connectivity index (χ4n) is 3.25. The van der Waals surface area contributed by atoms with Gasteiger partial charge in [-0.15, -0.1) is 0 Å². The van der Waals surface area contributed by atoms with Crippen LogP contribution in [0.5, 0.6) is 0 Å². The van der Waals surface area contributed by atoms with Crippen LogP contribution in [0.15, 0.2) is 0 Å². The molecule has 0 aromatic carbocycles. The second kappa shape index (κ2) is 4.10. The van der Waals surface area contributed by atoms with Crippen molar-refractivity contribution >= 4 is 6.16 Å². The van der Waals surface area contributed by atoms with Gasteiger partial charge in [-0.25, -0.2) is 4.79 Å². The summed E-state index contributed by atoms with van der Waals surface area (Å²) in [6, 6.07) is 0. The Balaban J connectivity index is 1.23. The Kier molecular flexibility index (Phi) is 2.52. The predicted molar refractivity (Wildman–Crippen MR) is 60.2 cm³/mol. The highest BCUT2D eigenvalue weighted by molar-refractivity contribution is 5.60. The van der Waals surface area contributed by atoms with Gasteiger partial charge in [0.05, 0.1) is 24.4 Å². The molecular weight excluding hydrogens is 236 g/mol. The van der Waals surface area contributed by atoms with Gasteiger partial charge >= 0.3 is 6.16 Å². The van der Waals surface area contributed by atoms with Crippen molar-refractivity contribution < 1.29 is 23.7 Å². The molecule has 0 N–H and O–H groups in total. The summed E-state index contributed by atoms with van der Waals surface area (Å²) in [6.45, 7) is 0. The van der Waals surface area contributed by atoms with Gasteiger partial charge in [-0.2, -0.15) is 0 Å². The minimum Gasteiger partial charge on any atom is -0.431 e. The molecule has 5 heteroatoms. The molecule has 0 amide bonds. The maximum atomic E-state index is 11.7. The van der Waals surface area contributed by atoms with E-state index >= 15 is 0 Å². The van der Waals surface area contributed by atoms with Gasteiger partial charge in [-0.1, -0.05) is 0 Å². The van der Waals surface area contributed by atoms with Crippen LogP contribution in [0.2, 0.25) is 0 Å². The van der Waals surface area contributed by atoms with Gasteiger partial charge in [0, 0.05) is 12.8 Å². The molecule has 100 valence electrons. The maximum absolute atomic E-state index is 11.7. The lowest BCUT2D eigenvalue weighted by molar-refractivity contribution is -0.0156. The highest BCUT2D eigenvalue weighted by Gasteiger charge is 2.46. The number of carbonyl (C=O) groups excluding carboxylic acids is 1. The van der Waals surface area contributed by atoms with Crippen molar-refractivity contribution in [2.75, 3.05) is 0 Å². The summed E-state index contributed by atoms with van der Waals surface area (Å²) in [5, 5.41) is 0. The Morgan fingerprint density at radius 1 is 0.778 bits per heavy atom. The van der Waals surface area contributed by atoms with Crippen molar-refractivity contribution in [1.82, 2.24) is 0 Å². The van der Waals surface area contributed by atoms with E-state index in [1.807, 2.05) is 0 Å². The second-order valence-electron chi connectivity index (χ2n) is 5.78. The Bertz CT molecular complexity index is 325. The topological polar surface area (TPSA) is 60.6 Å². The highest BCUT2D eigenvalue weighted by atomic mass is 16.7. The molecule has 0 aromatic heterocycles. The fourth-order valence-corrected chi connectivity index (χ4v) is 3.25. The fraction of sp³-hybridized carbons (Fsp3) is 0.923. The van der Waals surface area contributed by atoms with E-state index in [4.69, 9.17) is 18.9 Å². The zero-order valence-electron chi connectivity index (χ0n) is 10.2. The van der Waals surface area contributed by atoms with E-state index in [1.54, 1.807) is 0 Å². The van der Waals surface area contributed by atoms with E-state index < -0.39 is 6.16 Å². The number of rotatable bonds is 2. The van der Waals surface area contributed by atoms with Crippen LogP contribution < -0.4 is 0 Å². The first kappa shape index (κ1) is 11.1. The summed E-state index contributed by atoms with van der Waals surface area (Å²) < 4.78 is 21.5. The minimum atomic E-state index is -0.511. The first-order valence-corrected chi connectivity index (χ1v) is 6.96. The first-order valence-electron chi connectivity index (χ1n) is 6.96. The molecular formula is C13H18O5. The van der Waals surface area contributed by atoms with Crippen LogP contribution in [0.1, 0.15) is 38.5 Å². The molecule has 2 heterocycles. The monoisotopic (exact) mass is 254 g/mol. The Labute approximate surface area is 106 Å². The Morgan fingerprint density at radius 2 is 1.28 bits per heavy atom. The van der Waals surface area contributed by atoms with Crippen LogP contribution in [0, 0.1) is 0 Å². The maximum Gasteiger partial charge on any atom is 0.508 e. The van der Waals surface area contributed by atoms with Crippen molar-refractivity contribution in [3.05, 3.63) is 0 Å². The summed E-state index contributed by atoms with van der Waals surface area (Å²) in [5.41, 5.74) is 0. The van der Waals surface area contributed by atoms with E-state index in [2.05, 4.69) is 0 Å². The van der Waals surface area contributed by atoms with E-state index in [0.717, 1.165) is 38.5 Å². The number of hydrogen-bond donors (Lipinski definition) is 0. The molecule has 2 saturated heterocycles. The van der Waals surface area contributed by atoms with Gasteiger partial charge in [0.2, 0.25) is 0 Å². The van der Waals surface area contributed by atoms with Crippen LogP contribution in [0.3, 0.4) is 0 Å². The quantitative estimate of drug-likeness (QED) is 0.555. The largest absolute Gasteiger partial charge is 0.508 e. The highest BCUT2D eigenvalue weighted by Crippen LogP contribution is 2.39. The van der Waals surface area contributed by atoms with Crippen LogP contribution in [0.25, 0.3) is 0 Å². The van der Waals surface area contributed by atoms with E-state index in [0.29, 0.717) is 24.4 Å². The van der Waals surface area contributed by atoms with Crippen molar-refractivity contribution in [2.24, 2.45) is 0 Å². The smallest absolute Gasteiger partial charge is 0.431 e. The number of fused-ring (bicyclic) bond motifs is 2. The Hall–Kier alpha value is -0.810. The molecule has 6 unspecified atom stereocenters. The molecule has 6 atom stereocenters. The van der Waals surface area contributed by atoms with E-state index in [-0.39, 0.29) is 12.2 Å². The molecule has 0 bridgehead atoms. The molecule has 2 saturated carbocycles. The summed E-state index contributed by atoms with van der Waals surface area (Å²) in [7, 11) is 0. The van der Waals surface area contributed by atoms with Crippen LogP contribution >= 0.6 is 0 Å². The van der Waals surface area contributed by atoms with Crippen molar-refractivity contribution in [1.29, 1.82) is 0 Å². The first-order chi connectivity index (χ1) is 8.78. The Morgan fingerprint density at radius 3 is 1.72 bits per heavy atom. The molecule has 4 aliphatic rings. The standard InChI is InChI=1S/C13H18O5/c14-13(15-7-1-3-9-11(5-7)17-9)16-8-2-4-10-12(6-8)18-10/h7-12H,1-6H2. The zero-order chi connectivity index (χ0) is 12.1. The van der Waals surface area contributed by atoms with Gasteiger partial charge < -0.3 is 18.9 Å². The van der Waals surface area contributed by atoms with Gasteiger partial charge in [0.25, 0.3) is 0 Å². The zero-order valence-corrected chi connectivity index (χ0v) is 10.2. The van der Waals surface area contributed by atoms with Crippen LogP contribution in [0.4, 0.5) is 4.79 Å². The summed E-state index contributed by atoms with van der Waals surface area (Å²) in [6.07, 6.45) is 6.44. The normalized spacial score (nSPS) is 48.7. The van der Waals surface area contributed by atoms with Crippen molar-refractivity contribution in [3.8, 4) is 0 Å². The lowest BCUT2D eigenvalue weighted by Crippen LogP contribution is -2.29. The van der Waals surface area contributed by atoms with Gasteiger partial charge in [0.15, 0.2) is 0 Å². The molecule has 4 rings (SSSR count). The molecule has 0 spiro atoms. The van der Waals surface area contributed by atoms with Gasteiger partial charge in [-0.05, 0) is 25.7 Å². The number of carbonyl (C=O) groups is 1. The van der Waals surface area contributed by atoms with E-state index in [9.17, 15) is 4.79 Å². The van der Waals surface area contributed by atoms with Crippen LogP contribution in [-0.4, -0.2) is 42.8 Å². The second-order valence-corrected chi connectivity index (χ2v) is 5.78. The lowest BCUT2D eigenvalue weighted by Gasteiger charge is -2.23. The minimum absolute atomic E-state index is 0.0187. The third-order valence-corrected chi connectivity index (χ3v) is 4.44. The lowest BCUT2D eigenvalue weighted by atomic mass is 9.98. The summed E-state index contributed by atoms with van der Waals surface area (Å²) in [4.78, 5) is 11.7. The van der Waals surface area contributed by atoms with E-state index in [1.165, 1.54) is 0 Å². The molecule has 2 aliphatic carbocycles. The molecule has 0 aromatic rings. The average molecular weight is 254 g/mol. The van der Waals surface area contributed by atoms with Crippen LogP contribution in [-0.2, 0) is 18.9 Å². The number of epoxide rings is 2. The van der Waals surface area contributed by atoms with Gasteiger partial charge in [-0.3, -0.25) is 0 Å². The molecule has 2 aliphatic heterocycles.